The number of aliphatic hydroxyl groups is 1. The smallest absolute Gasteiger partial charge is 0.265 e. The molecule has 1 atom stereocenters. The minimum Gasteiger partial charge on any atom is -0.396 e. The monoisotopic (exact) mass is 300 g/mol. The summed E-state index contributed by atoms with van der Waals surface area (Å²) in [6.07, 6.45) is 2.22. The molecule has 114 valence electrons. The average Bonchev–Trinajstić information content (AvgIpc) is 2.78. The zero-order chi connectivity index (χ0) is 15.2. The van der Waals surface area contributed by atoms with Crippen molar-refractivity contribution in [2.75, 3.05) is 24.2 Å². The summed E-state index contributed by atoms with van der Waals surface area (Å²) in [6, 6.07) is 0. The van der Waals surface area contributed by atoms with Crippen LogP contribution >= 0.6 is 11.3 Å². The first-order chi connectivity index (χ1) is 9.45. The standard InChI is InChI=1S/C13H24N4O2S/c1-4-7-15-12-16-10(14)9(20-12)11(19)17-13(3,5-2)6-8-18/h18H,4-8,14H2,1-3H3,(H,15,16)(H,17,19). The number of nitrogen functional groups attached to an aromatic ring is 1. The highest BCUT2D eigenvalue weighted by Gasteiger charge is 2.26. The summed E-state index contributed by atoms with van der Waals surface area (Å²) in [4.78, 5) is 16.8. The van der Waals surface area contributed by atoms with Crippen LogP contribution in [0.4, 0.5) is 10.9 Å². The van der Waals surface area contributed by atoms with Gasteiger partial charge in [-0.1, -0.05) is 25.2 Å². The maximum absolute atomic E-state index is 12.3. The van der Waals surface area contributed by atoms with Crippen molar-refractivity contribution in [3.8, 4) is 0 Å². The molecular formula is C13H24N4O2S. The Morgan fingerprint density at radius 3 is 2.75 bits per heavy atom. The predicted octanol–water partition coefficient (Wildman–Crippen LogP) is 1.83. The Bertz CT molecular complexity index is 450. The van der Waals surface area contributed by atoms with Crippen molar-refractivity contribution < 1.29 is 9.90 Å². The van der Waals surface area contributed by atoms with Crippen LogP contribution in [-0.2, 0) is 0 Å². The summed E-state index contributed by atoms with van der Waals surface area (Å²) < 4.78 is 0. The Morgan fingerprint density at radius 1 is 1.50 bits per heavy atom. The van der Waals surface area contributed by atoms with E-state index in [2.05, 4.69) is 22.5 Å². The Hall–Kier alpha value is -1.34. The van der Waals surface area contributed by atoms with Gasteiger partial charge in [0.15, 0.2) is 5.13 Å². The number of rotatable bonds is 8. The van der Waals surface area contributed by atoms with Crippen LogP contribution < -0.4 is 16.4 Å². The van der Waals surface area contributed by atoms with E-state index in [1.54, 1.807) is 0 Å². The molecule has 20 heavy (non-hydrogen) atoms. The quantitative estimate of drug-likeness (QED) is 0.587. The average molecular weight is 300 g/mol. The number of nitrogens with one attached hydrogen (secondary N) is 2. The Morgan fingerprint density at radius 2 is 2.20 bits per heavy atom. The van der Waals surface area contributed by atoms with E-state index in [1.165, 1.54) is 11.3 Å². The van der Waals surface area contributed by atoms with E-state index in [-0.39, 0.29) is 18.3 Å². The number of carbonyl (C=O) groups is 1. The molecule has 0 aliphatic carbocycles. The van der Waals surface area contributed by atoms with Crippen molar-refractivity contribution in [1.29, 1.82) is 0 Å². The minimum atomic E-state index is -0.431. The van der Waals surface area contributed by atoms with Crippen LogP contribution in [0.2, 0.25) is 0 Å². The third kappa shape index (κ3) is 4.35. The molecule has 1 unspecified atom stereocenters. The van der Waals surface area contributed by atoms with Crippen LogP contribution in [0.25, 0.3) is 0 Å². The molecule has 0 aliphatic rings. The lowest BCUT2D eigenvalue weighted by molar-refractivity contribution is 0.0891. The molecule has 0 aliphatic heterocycles. The molecule has 5 N–H and O–H groups in total. The fraction of sp³-hybridized carbons (Fsp3) is 0.692. The molecular weight excluding hydrogens is 276 g/mol. The van der Waals surface area contributed by atoms with Gasteiger partial charge in [-0.05, 0) is 26.2 Å². The molecule has 0 saturated heterocycles. The molecule has 1 heterocycles. The summed E-state index contributed by atoms with van der Waals surface area (Å²) in [5, 5.41) is 15.8. The Labute approximate surface area is 123 Å². The second kappa shape index (κ2) is 7.44. The van der Waals surface area contributed by atoms with Crippen molar-refractivity contribution >= 4 is 28.2 Å². The summed E-state index contributed by atoms with van der Waals surface area (Å²) in [5.74, 6) is 0.0101. The molecule has 0 aromatic carbocycles. The van der Waals surface area contributed by atoms with Gasteiger partial charge in [-0.15, -0.1) is 0 Å². The number of anilines is 2. The highest BCUT2D eigenvalue weighted by atomic mass is 32.1. The number of aliphatic hydroxyl groups excluding tert-OH is 1. The lowest BCUT2D eigenvalue weighted by atomic mass is 9.95. The maximum Gasteiger partial charge on any atom is 0.265 e. The van der Waals surface area contributed by atoms with E-state index in [0.717, 1.165) is 19.4 Å². The minimum absolute atomic E-state index is 0.0338. The molecule has 1 amide bonds. The topological polar surface area (TPSA) is 100 Å². The second-order valence-electron chi connectivity index (χ2n) is 5.00. The number of thiazole rings is 1. The van der Waals surface area contributed by atoms with Crippen molar-refractivity contribution in [3.05, 3.63) is 4.88 Å². The number of amides is 1. The summed E-state index contributed by atoms with van der Waals surface area (Å²) in [6.45, 7) is 6.77. The maximum atomic E-state index is 12.3. The van der Waals surface area contributed by atoms with Crippen LogP contribution in [0, 0.1) is 0 Å². The number of aromatic nitrogens is 1. The number of carbonyl (C=O) groups excluding carboxylic acids is 1. The first-order valence-corrected chi connectivity index (χ1v) is 7.71. The van der Waals surface area contributed by atoms with Gasteiger partial charge in [-0.3, -0.25) is 4.79 Å². The Balaban J connectivity index is 2.78. The first-order valence-electron chi connectivity index (χ1n) is 6.89. The molecule has 0 radical (unpaired) electrons. The van der Waals surface area contributed by atoms with E-state index >= 15 is 0 Å². The van der Waals surface area contributed by atoms with Crippen molar-refractivity contribution in [3.63, 3.8) is 0 Å². The van der Waals surface area contributed by atoms with Crippen LogP contribution in [0.15, 0.2) is 0 Å². The van der Waals surface area contributed by atoms with Gasteiger partial charge in [0.1, 0.15) is 10.7 Å². The van der Waals surface area contributed by atoms with E-state index < -0.39 is 5.54 Å². The third-order valence-electron chi connectivity index (χ3n) is 3.25. The van der Waals surface area contributed by atoms with E-state index in [0.29, 0.717) is 16.4 Å². The molecule has 0 saturated carbocycles. The normalized spacial score (nSPS) is 13.8. The van der Waals surface area contributed by atoms with Crippen molar-refractivity contribution in [1.82, 2.24) is 10.3 Å². The van der Waals surface area contributed by atoms with Gasteiger partial charge in [-0.25, -0.2) is 4.98 Å². The molecule has 1 rings (SSSR count). The fourth-order valence-corrected chi connectivity index (χ4v) is 2.51. The fourth-order valence-electron chi connectivity index (χ4n) is 1.71. The van der Waals surface area contributed by atoms with Gasteiger partial charge in [0.2, 0.25) is 0 Å². The highest BCUT2D eigenvalue weighted by molar-refractivity contribution is 7.18. The summed E-state index contributed by atoms with van der Waals surface area (Å²) >= 11 is 1.26. The molecule has 7 heteroatoms. The van der Waals surface area contributed by atoms with E-state index in [4.69, 9.17) is 10.8 Å². The molecule has 0 bridgehead atoms. The van der Waals surface area contributed by atoms with Gasteiger partial charge in [-0.2, -0.15) is 0 Å². The zero-order valence-corrected chi connectivity index (χ0v) is 13.1. The van der Waals surface area contributed by atoms with Crippen LogP contribution in [0.3, 0.4) is 0 Å². The van der Waals surface area contributed by atoms with Gasteiger partial charge in [0.25, 0.3) is 5.91 Å². The largest absolute Gasteiger partial charge is 0.396 e. The van der Waals surface area contributed by atoms with Gasteiger partial charge < -0.3 is 21.5 Å². The number of hydrogen-bond acceptors (Lipinski definition) is 6. The van der Waals surface area contributed by atoms with Gasteiger partial charge in [0.05, 0.1) is 0 Å². The SMILES string of the molecule is CCCNc1nc(N)c(C(=O)NC(C)(CC)CCO)s1. The predicted molar refractivity (Wildman–Crippen MR) is 83.2 cm³/mol. The van der Waals surface area contributed by atoms with Crippen molar-refractivity contribution in [2.45, 2.75) is 45.6 Å². The van der Waals surface area contributed by atoms with E-state index in [1.807, 2.05) is 13.8 Å². The second-order valence-corrected chi connectivity index (χ2v) is 6.00. The zero-order valence-electron chi connectivity index (χ0n) is 12.3. The van der Waals surface area contributed by atoms with Crippen molar-refractivity contribution in [2.24, 2.45) is 0 Å². The molecule has 1 aromatic heterocycles. The lowest BCUT2D eigenvalue weighted by Crippen LogP contribution is -2.46. The molecule has 1 aromatic rings. The van der Waals surface area contributed by atoms with E-state index in [9.17, 15) is 4.79 Å². The third-order valence-corrected chi connectivity index (χ3v) is 4.27. The molecule has 0 fully saturated rings. The Kier molecular flexibility index (Phi) is 6.22. The number of nitrogens with zero attached hydrogens (tertiary/aromatic N) is 1. The van der Waals surface area contributed by atoms with Crippen LogP contribution in [0.5, 0.6) is 0 Å². The van der Waals surface area contributed by atoms with Gasteiger partial charge >= 0.3 is 0 Å². The van der Waals surface area contributed by atoms with Crippen LogP contribution in [0.1, 0.15) is 49.7 Å². The molecule has 0 spiro atoms. The van der Waals surface area contributed by atoms with Crippen LogP contribution in [-0.4, -0.2) is 34.7 Å². The summed E-state index contributed by atoms with van der Waals surface area (Å²) in [5.41, 5.74) is 5.37. The summed E-state index contributed by atoms with van der Waals surface area (Å²) in [7, 11) is 0. The molecule has 6 nitrogen and oxygen atoms in total. The number of hydrogen-bond donors (Lipinski definition) is 4. The van der Waals surface area contributed by atoms with Gasteiger partial charge in [0, 0.05) is 18.7 Å². The highest BCUT2D eigenvalue weighted by Crippen LogP contribution is 2.26. The number of nitrogens with two attached hydrogens (primary N) is 1. The lowest BCUT2D eigenvalue weighted by Gasteiger charge is -2.28. The first kappa shape index (κ1) is 16.7.